The van der Waals surface area contributed by atoms with Gasteiger partial charge in [0.2, 0.25) is 0 Å². The quantitative estimate of drug-likeness (QED) is 0.833. The van der Waals surface area contributed by atoms with Crippen LogP contribution in [-0.4, -0.2) is 23.8 Å². The molecule has 4 nitrogen and oxygen atoms in total. The van der Waals surface area contributed by atoms with E-state index in [9.17, 15) is 0 Å². The molecule has 0 bridgehead atoms. The SMILES string of the molecule is Clc1cnc(NN=C2CC[NH+](Cc3ccccc3)CC2)c(Cl)c1. The van der Waals surface area contributed by atoms with Crippen molar-refractivity contribution in [3.63, 3.8) is 0 Å². The molecule has 0 amide bonds. The van der Waals surface area contributed by atoms with Gasteiger partial charge in [-0.05, 0) is 6.07 Å². The fourth-order valence-electron chi connectivity index (χ4n) is 2.69. The molecule has 0 saturated carbocycles. The molecular weight excluding hydrogens is 331 g/mol. The maximum atomic E-state index is 6.08. The normalized spacial score (nSPS) is 17.8. The molecule has 1 aliphatic heterocycles. The third-order valence-electron chi connectivity index (χ3n) is 3.96. The maximum Gasteiger partial charge on any atom is 0.165 e. The molecule has 23 heavy (non-hydrogen) atoms. The van der Waals surface area contributed by atoms with E-state index in [1.807, 2.05) is 0 Å². The van der Waals surface area contributed by atoms with E-state index in [0.717, 1.165) is 38.2 Å². The molecule has 0 radical (unpaired) electrons. The lowest BCUT2D eigenvalue weighted by atomic mass is 10.1. The lowest BCUT2D eigenvalue weighted by molar-refractivity contribution is -0.914. The summed E-state index contributed by atoms with van der Waals surface area (Å²) < 4.78 is 0. The van der Waals surface area contributed by atoms with E-state index in [1.54, 1.807) is 17.2 Å². The van der Waals surface area contributed by atoms with Crippen LogP contribution in [0.4, 0.5) is 5.82 Å². The van der Waals surface area contributed by atoms with Gasteiger partial charge >= 0.3 is 0 Å². The zero-order valence-corrected chi connectivity index (χ0v) is 14.2. The summed E-state index contributed by atoms with van der Waals surface area (Å²) in [5.74, 6) is 0.544. The molecule has 0 unspecified atom stereocenters. The van der Waals surface area contributed by atoms with E-state index >= 15 is 0 Å². The number of hydrogen-bond acceptors (Lipinski definition) is 3. The molecule has 0 spiro atoms. The van der Waals surface area contributed by atoms with Crippen LogP contribution < -0.4 is 10.3 Å². The van der Waals surface area contributed by atoms with Gasteiger partial charge in [0.15, 0.2) is 5.82 Å². The molecule has 3 rings (SSSR count). The third kappa shape index (κ3) is 4.67. The fraction of sp³-hybridized carbons (Fsp3) is 0.294. The molecule has 6 heteroatoms. The van der Waals surface area contributed by atoms with E-state index in [2.05, 4.69) is 45.8 Å². The zero-order valence-electron chi connectivity index (χ0n) is 12.7. The summed E-state index contributed by atoms with van der Waals surface area (Å²) in [6.07, 6.45) is 3.53. The van der Waals surface area contributed by atoms with Crippen molar-refractivity contribution in [3.8, 4) is 0 Å². The van der Waals surface area contributed by atoms with Crippen molar-refractivity contribution in [1.29, 1.82) is 0 Å². The predicted molar refractivity (Wildman–Crippen MR) is 95.4 cm³/mol. The van der Waals surface area contributed by atoms with Gasteiger partial charge in [0, 0.05) is 30.3 Å². The minimum Gasteiger partial charge on any atom is -0.331 e. The lowest BCUT2D eigenvalue weighted by Crippen LogP contribution is -3.11. The average Bonchev–Trinajstić information content (AvgIpc) is 2.56. The Kier molecular flexibility index (Phi) is 5.49. The Labute approximate surface area is 146 Å². The Morgan fingerprint density at radius 1 is 1.13 bits per heavy atom. The van der Waals surface area contributed by atoms with Crippen LogP contribution in [0, 0.1) is 0 Å². The summed E-state index contributed by atoms with van der Waals surface area (Å²) >= 11 is 11.9. The van der Waals surface area contributed by atoms with Gasteiger partial charge in [-0.3, -0.25) is 5.43 Å². The first-order valence-corrected chi connectivity index (χ1v) is 8.46. The van der Waals surface area contributed by atoms with Gasteiger partial charge in [-0.1, -0.05) is 53.5 Å². The molecule has 1 aliphatic rings. The van der Waals surface area contributed by atoms with Crippen molar-refractivity contribution >= 4 is 34.7 Å². The second-order valence-electron chi connectivity index (χ2n) is 5.69. The van der Waals surface area contributed by atoms with Gasteiger partial charge in [-0.15, -0.1) is 0 Å². The van der Waals surface area contributed by atoms with E-state index in [0.29, 0.717) is 15.9 Å². The van der Waals surface area contributed by atoms with Crippen LogP contribution >= 0.6 is 23.2 Å². The van der Waals surface area contributed by atoms with E-state index in [4.69, 9.17) is 23.2 Å². The van der Waals surface area contributed by atoms with Crippen LogP contribution in [0.15, 0.2) is 47.7 Å². The molecule has 1 aromatic carbocycles. The van der Waals surface area contributed by atoms with Crippen LogP contribution in [0.25, 0.3) is 0 Å². The van der Waals surface area contributed by atoms with Crippen molar-refractivity contribution in [2.45, 2.75) is 19.4 Å². The number of anilines is 1. The number of pyridine rings is 1. The number of benzene rings is 1. The Morgan fingerprint density at radius 2 is 1.87 bits per heavy atom. The fourth-order valence-corrected chi connectivity index (χ4v) is 3.12. The largest absolute Gasteiger partial charge is 0.331 e. The zero-order chi connectivity index (χ0) is 16.1. The van der Waals surface area contributed by atoms with Crippen LogP contribution in [0.2, 0.25) is 10.0 Å². The molecule has 2 aromatic rings. The number of aromatic nitrogens is 1. The molecule has 2 N–H and O–H groups in total. The molecular formula is C17H19Cl2N4+. The first kappa shape index (κ1) is 16.2. The second kappa shape index (κ2) is 7.77. The van der Waals surface area contributed by atoms with Crippen LogP contribution in [-0.2, 0) is 6.54 Å². The summed E-state index contributed by atoms with van der Waals surface area (Å²) in [7, 11) is 0. The smallest absolute Gasteiger partial charge is 0.165 e. The van der Waals surface area contributed by atoms with E-state index in [1.165, 1.54) is 5.56 Å². The molecule has 1 fully saturated rings. The van der Waals surface area contributed by atoms with Crippen molar-refractivity contribution in [1.82, 2.24) is 4.98 Å². The number of halogens is 2. The first-order chi connectivity index (χ1) is 11.2. The maximum absolute atomic E-state index is 6.08. The van der Waals surface area contributed by atoms with Gasteiger partial charge < -0.3 is 4.90 Å². The highest BCUT2D eigenvalue weighted by Crippen LogP contribution is 2.22. The molecule has 2 heterocycles. The number of rotatable bonds is 4. The van der Waals surface area contributed by atoms with Crippen LogP contribution in [0.5, 0.6) is 0 Å². The highest BCUT2D eigenvalue weighted by molar-refractivity contribution is 6.35. The predicted octanol–water partition coefficient (Wildman–Crippen LogP) is 3.04. The number of piperidine rings is 1. The monoisotopic (exact) mass is 349 g/mol. The van der Waals surface area contributed by atoms with Crippen LogP contribution in [0.3, 0.4) is 0 Å². The average molecular weight is 350 g/mol. The summed E-state index contributed by atoms with van der Waals surface area (Å²) in [5, 5.41) is 5.45. The molecule has 0 aliphatic carbocycles. The standard InChI is InChI=1S/C17H18Cl2N4/c18-14-10-16(19)17(20-11-14)22-21-15-6-8-23(9-7-15)12-13-4-2-1-3-5-13/h1-5,10-11H,6-9,12H2,(H,20,22)/p+1. The number of likely N-dealkylation sites (tertiary alicyclic amines) is 1. The number of nitrogens with zero attached hydrogens (tertiary/aromatic N) is 2. The molecule has 120 valence electrons. The topological polar surface area (TPSA) is 41.7 Å². The van der Waals surface area contributed by atoms with Gasteiger partial charge in [-0.25, -0.2) is 4.98 Å². The Balaban J connectivity index is 1.52. The lowest BCUT2D eigenvalue weighted by Gasteiger charge is -2.24. The number of hydrogen-bond donors (Lipinski definition) is 2. The number of nitrogens with one attached hydrogen (secondary N) is 2. The van der Waals surface area contributed by atoms with Crippen molar-refractivity contribution < 1.29 is 4.90 Å². The van der Waals surface area contributed by atoms with E-state index < -0.39 is 0 Å². The van der Waals surface area contributed by atoms with E-state index in [-0.39, 0.29) is 0 Å². The minimum atomic E-state index is 0.481. The molecule has 1 saturated heterocycles. The Bertz CT molecular complexity index is 678. The van der Waals surface area contributed by atoms with Gasteiger partial charge in [-0.2, -0.15) is 5.10 Å². The highest BCUT2D eigenvalue weighted by Gasteiger charge is 2.18. The third-order valence-corrected chi connectivity index (χ3v) is 4.45. The summed E-state index contributed by atoms with van der Waals surface area (Å²) in [5.41, 5.74) is 5.50. The van der Waals surface area contributed by atoms with Crippen molar-refractivity contribution in [2.75, 3.05) is 18.5 Å². The Morgan fingerprint density at radius 3 is 2.57 bits per heavy atom. The number of hydrazone groups is 1. The summed E-state index contributed by atoms with van der Waals surface area (Å²) in [6, 6.07) is 12.3. The summed E-state index contributed by atoms with van der Waals surface area (Å²) in [6.45, 7) is 3.26. The van der Waals surface area contributed by atoms with Gasteiger partial charge in [0.25, 0.3) is 0 Å². The Hall–Kier alpha value is -1.62. The van der Waals surface area contributed by atoms with Gasteiger partial charge in [0.05, 0.1) is 23.1 Å². The summed E-state index contributed by atoms with van der Waals surface area (Å²) in [4.78, 5) is 5.74. The minimum absolute atomic E-state index is 0.481. The highest BCUT2D eigenvalue weighted by atomic mass is 35.5. The van der Waals surface area contributed by atoms with Crippen molar-refractivity contribution in [3.05, 3.63) is 58.2 Å². The van der Waals surface area contributed by atoms with Crippen molar-refractivity contribution in [2.24, 2.45) is 5.10 Å². The second-order valence-corrected chi connectivity index (χ2v) is 6.53. The number of quaternary nitrogens is 1. The first-order valence-electron chi connectivity index (χ1n) is 7.71. The molecule has 1 aromatic heterocycles. The van der Waals surface area contributed by atoms with Gasteiger partial charge in [0.1, 0.15) is 6.54 Å². The van der Waals surface area contributed by atoms with Crippen LogP contribution in [0.1, 0.15) is 18.4 Å². The molecule has 0 atom stereocenters.